The van der Waals surface area contributed by atoms with Gasteiger partial charge in [0.15, 0.2) is 15.7 Å². The summed E-state index contributed by atoms with van der Waals surface area (Å²) in [6.07, 6.45) is 6.15. The molecule has 0 aliphatic heterocycles. The summed E-state index contributed by atoms with van der Waals surface area (Å²) in [5, 5.41) is 1.75. The van der Waals surface area contributed by atoms with E-state index in [1.54, 1.807) is 35.3 Å². The number of fused-ring (bicyclic) bond motifs is 1. The lowest BCUT2D eigenvalue weighted by Crippen LogP contribution is -2.00. The van der Waals surface area contributed by atoms with Gasteiger partial charge in [0, 0.05) is 24.9 Å². The SMILES string of the molecule is CC.CCOC(=O)/C=C/c1c(CC)cc2c(ncn2C)c1F.CS(=O)(=O)c1cccs1. The molecule has 0 fully saturated rings. The number of aromatic nitrogens is 2. The van der Waals surface area contributed by atoms with Crippen LogP contribution in [-0.2, 0) is 32.8 Å². The number of imidazole rings is 1. The van der Waals surface area contributed by atoms with Crippen molar-refractivity contribution in [3.05, 3.63) is 52.9 Å². The predicted octanol–water partition coefficient (Wildman–Crippen LogP) is 5.03. The van der Waals surface area contributed by atoms with Crippen molar-refractivity contribution in [1.82, 2.24) is 9.55 Å². The van der Waals surface area contributed by atoms with Gasteiger partial charge in [0.25, 0.3) is 0 Å². The molecule has 0 saturated heterocycles. The van der Waals surface area contributed by atoms with E-state index in [9.17, 15) is 17.6 Å². The summed E-state index contributed by atoms with van der Waals surface area (Å²) >= 11 is 1.24. The minimum absolute atomic E-state index is 0.297. The van der Waals surface area contributed by atoms with Crippen molar-refractivity contribution in [2.45, 2.75) is 38.3 Å². The maximum atomic E-state index is 14.5. The molecule has 6 nitrogen and oxygen atoms in total. The average molecular weight is 469 g/mol. The van der Waals surface area contributed by atoms with Gasteiger partial charge >= 0.3 is 5.97 Å². The first-order valence-corrected chi connectivity index (χ1v) is 12.7. The number of hydrogen-bond acceptors (Lipinski definition) is 6. The van der Waals surface area contributed by atoms with Gasteiger partial charge in [0.2, 0.25) is 0 Å². The van der Waals surface area contributed by atoms with Crippen LogP contribution in [0.3, 0.4) is 0 Å². The summed E-state index contributed by atoms with van der Waals surface area (Å²) in [4.78, 5) is 15.4. The number of rotatable bonds is 5. The molecule has 0 radical (unpaired) electrons. The van der Waals surface area contributed by atoms with Crippen LogP contribution in [0.2, 0.25) is 0 Å². The number of halogens is 1. The van der Waals surface area contributed by atoms with E-state index in [1.165, 1.54) is 29.7 Å². The first-order valence-electron chi connectivity index (χ1n) is 9.89. The number of thiophene rings is 1. The Morgan fingerprint density at radius 2 is 2.00 bits per heavy atom. The quantitative estimate of drug-likeness (QED) is 0.388. The van der Waals surface area contributed by atoms with Gasteiger partial charge in [-0.3, -0.25) is 0 Å². The highest BCUT2D eigenvalue weighted by molar-refractivity contribution is 7.92. The number of nitrogens with zero attached hydrogens (tertiary/aromatic N) is 2. The molecule has 0 N–H and O–H groups in total. The van der Waals surface area contributed by atoms with Crippen LogP contribution in [0.1, 0.15) is 38.8 Å². The van der Waals surface area contributed by atoms with E-state index in [1.807, 2.05) is 33.9 Å². The van der Waals surface area contributed by atoms with Gasteiger partial charge in [-0.05, 0) is 42.5 Å². The molecule has 2 heterocycles. The molecule has 0 aliphatic rings. The van der Waals surface area contributed by atoms with E-state index in [-0.39, 0.29) is 0 Å². The van der Waals surface area contributed by atoms with Gasteiger partial charge in [0.1, 0.15) is 9.73 Å². The Morgan fingerprint density at radius 3 is 2.48 bits per heavy atom. The second-order valence-corrected chi connectivity index (χ2v) is 9.32. The zero-order chi connectivity index (χ0) is 23.6. The fourth-order valence-corrected chi connectivity index (χ4v) is 4.22. The van der Waals surface area contributed by atoms with Crippen molar-refractivity contribution < 1.29 is 22.3 Å². The highest BCUT2D eigenvalue weighted by Gasteiger charge is 2.14. The topological polar surface area (TPSA) is 78.3 Å². The van der Waals surface area contributed by atoms with E-state index in [0.717, 1.165) is 11.1 Å². The number of carbonyl (C=O) groups is 1. The standard InChI is InChI=1S/C15H17FN2O2.C5H6O2S2.C2H6/c1-4-10-8-12-15(17-9-18(12)3)14(16)11(10)6-7-13(19)20-5-2;1-9(6,7)5-3-2-4-8-5;1-2/h6-9H,4-5H2,1-3H3;2-4H,1H3;1-2H3/b7-6+;;. The molecule has 0 saturated carbocycles. The second-order valence-electron chi connectivity index (χ2n) is 6.13. The minimum atomic E-state index is -2.94. The third kappa shape index (κ3) is 7.29. The van der Waals surface area contributed by atoms with Crippen molar-refractivity contribution in [3.8, 4) is 0 Å². The van der Waals surface area contributed by atoms with Crippen molar-refractivity contribution in [2.24, 2.45) is 7.05 Å². The highest BCUT2D eigenvalue weighted by Crippen LogP contribution is 2.25. The van der Waals surface area contributed by atoms with Crippen molar-refractivity contribution in [1.29, 1.82) is 0 Å². The van der Waals surface area contributed by atoms with E-state index in [2.05, 4.69) is 4.98 Å². The van der Waals surface area contributed by atoms with Crippen molar-refractivity contribution in [3.63, 3.8) is 0 Å². The van der Waals surface area contributed by atoms with Crippen molar-refractivity contribution >= 4 is 44.3 Å². The zero-order valence-electron chi connectivity index (χ0n) is 18.7. The first-order chi connectivity index (χ1) is 14.7. The smallest absolute Gasteiger partial charge is 0.330 e. The van der Waals surface area contributed by atoms with E-state index < -0.39 is 21.6 Å². The van der Waals surface area contributed by atoms with Gasteiger partial charge in [-0.1, -0.05) is 26.8 Å². The second kappa shape index (κ2) is 12.4. The molecule has 0 bridgehead atoms. The molecule has 0 aliphatic carbocycles. The monoisotopic (exact) mass is 468 g/mol. The maximum Gasteiger partial charge on any atom is 0.330 e. The molecular weight excluding hydrogens is 439 g/mol. The Balaban J connectivity index is 0.000000365. The highest BCUT2D eigenvalue weighted by atomic mass is 32.2. The summed E-state index contributed by atoms with van der Waals surface area (Å²) in [6.45, 7) is 7.97. The van der Waals surface area contributed by atoms with E-state index in [0.29, 0.717) is 28.3 Å². The number of benzene rings is 1. The number of aryl methyl sites for hydroxylation is 2. The fraction of sp³-hybridized carbons (Fsp3) is 0.364. The largest absolute Gasteiger partial charge is 0.463 e. The molecule has 2 aromatic heterocycles. The summed E-state index contributed by atoms with van der Waals surface area (Å²) in [6, 6.07) is 5.22. The molecule has 0 atom stereocenters. The van der Waals surface area contributed by atoms with Crippen LogP contribution in [0.25, 0.3) is 17.1 Å². The summed E-state index contributed by atoms with van der Waals surface area (Å²) < 4.78 is 42.9. The number of ether oxygens (including phenoxy) is 1. The maximum absolute atomic E-state index is 14.5. The third-order valence-electron chi connectivity index (χ3n) is 4.00. The Bertz CT molecular complexity index is 1120. The average Bonchev–Trinajstić information content (AvgIpc) is 3.40. The Labute approximate surface area is 187 Å². The van der Waals surface area contributed by atoms with Crippen LogP contribution >= 0.6 is 11.3 Å². The molecule has 9 heteroatoms. The number of hydrogen-bond donors (Lipinski definition) is 0. The summed E-state index contributed by atoms with van der Waals surface area (Å²) in [5.41, 5.74) is 2.28. The summed E-state index contributed by atoms with van der Waals surface area (Å²) in [5.74, 6) is -0.879. The molecular formula is C22H29FN2O4S2. The molecule has 3 rings (SSSR count). The number of sulfone groups is 1. The molecule has 31 heavy (non-hydrogen) atoms. The Morgan fingerprint density at radius 1 is 1.32 bits per heavy atom. The molecule has 0 unspecified atom stereocenters. The minimum Gasteiger partial charge on any atom is -0.463 e. The zero-order valence-corrected chi connectivity index (χ0v) is 20.3. The molecule has 0 spiro atoms. The number of carbonyl (C=O) groups excluding carboxylic acids is 1. The fourth-order valence-electron chi connectivity index (χ4n) is 2.58. The Hall–Kier alpha value is -2.52. The summed E-state index contributed by atoms with van der Waals surface area (Å²) in [7, 11) is -1.12. The van der Waals surface area contributed by atoms with Gasteiger partial charge in [-0.25, -0.2) is 22.6 Å². The lowest BCUT2D eigenvalue weighted by molar-refractivity contribution is -0.137. The normalized spacial score (nSPS) is 10.9. The molecule has 1 aromatic carbocycles. The molecule has 170 valence electrons. The van der Waals surface area contributed by atoms with E-state index >= 15 is 0 Å². The van der Waals surface area contributed by atoms with Crippen LogP contribution in [0, 0.1) is 5.82 Å². The lowest BCUT2D eigenvalue weighted by atomic mass is 10.0. The van der Waals surface area contributed by atoms with Crippen LogP contribution in [0.4, 0.5) is 4.39 Å². The van der Waals surface area contributed by atoms with Gasteiger partial charge < -0.3 is 9.30 Å². The molecule has 3 aromatic rings. The van der Waals surface area contributed by atoms with Crippen LogP contribution < -0.4 is 0 Å². The third-order valence-corrected chi connectivity index (χ3v) is 6.72. The van der Waals surface area contributed by atoms with Crippen molar-refractivity contribution in [2.75, 3.05) is 12.9 Å². The first kappa shape index (κ1) is 26.5. The van der Waals surface area contributed by atoms with Crippen LogP contribution in [0.5, 0.6) is 0 Å². The molecule has 0 amide bonds. The van der Waals surface area contributed by atoms with Gasteiger partial charge in [-0.15, -0.1) is 11.3 Å². The van der Waals surface area contributed by atoms with Crippen LogP contribution in [-0.4, -0.2) is 36.8 Å². The van der Waals surface area contributed by atoms with Crippen LogP contribution in [0.15, 0.2) is 40.2 Å². The van der Waals surface area contributed by atoms with Gasteiger partial charge in [-0.2, -0.15) is 0 Å². The van der Waals surface area contributed by atoms with E-state index in [4.69, 9.17) is 4.74 Å². The Kier molecular flexibility index (Phi) is 10.6. The lowest BCUT2D eigenvalue weighted by Gasteiger charge is -2.07. The van der Waals surface area contributed by atoms with Gasteiger partial charge in [0.05, 0.1) is 18.5 Å². The number of esters is 1. The predicted molar refractivity (Wildman–Crippen MR) is 124 cm³/mol.